The summed E-state index contributed by atoms with van der Waals surface area (Å²) in [6.07, 6.45) is 4.41. The molecule has 1 aliphatic carbocycles. The first kappa shape index (κ1) is 12.2. The fourth-order valence-corrected chi connectivity index (χ4v) is 2.71. The number of carbonyl (C=O) groups excluding carboxylic acids is 1. The maximum absolute atomic E-state index is 11.9. The molecule has 0 bridgehead atoms. The van der Waals surface area contributed by atoms with E-state index in [2.05, 4.69) is 6.92 Å². The second kappa shape index (κ2) is 4.67. The van der Waals surface area contributed by atoms with E-state index in [1.165, 1.54) is 5.57 Å². The summed E-state index contributed by atoms with van der Waals surface area (Å²) in [4.78, 5) is 11.9. The van der Waals surface area contributed by atoms with E-state index < -0.39 is 0 Å². The zero-order valence-corrected chi connectivity index (χ0v) is 11.0. The van der Waals surface area contributed by atoms with Gasteiger partial charge in [0.15, 0.2) is 0 Å². The lowest BCUT2D eigenvalue weighted by molar-refractivity contribution is -0.139. The fourth-order valence-electron chi connectivity index (χ4n) is 2.71. The second-order valence-electron chi connectivity index (χ2n) is 5.58. The molecule has 3 rings (SSSR count). The van der Waals surface area contributed by atoms with Gasteiger partial charge >= 0.3 is 5.97 Å². The van der Waals surface area contributed by atoms with Crippen molar-refractivity contribution in [1.29, 1.82) is 0 Å². The first-order valence-corrected chi connectivity index (χ1v) is 6.76. The molecule has 2 aliphatic heterocycles. The van der Waals surface area contributed by atoms with Crippen LogP contribution in [0.2, 0.25) is 0 Å². The normalized spacial score (nSPS) is 38.6. The Kier molecular flexibility index (Phi) is 3.16. The van der Waals surface area contributed by atoms with Gasteiger partial charge in [-0.15, -0.1) is 0 Å². The molecule has 18 heavy (non-hydrogen) atoms. The van der Waals surface area contributed by atoms with Gasteiger partial charge in [0.1, 0.15) is 12.7 Å². The van der Waals surface area contributed by atoms with Gasteiger partial charge in [-0.25, -0.2) is 4.79 Å². The SMILES string of the molecule is CC(C(=O)OCC1CO1)=C(C)C1CCC2OC2C1. The zero-order valence-electron chi connectivity index (χ0n) is 11.0. The number of epoxide rings is 2. The van der Waals surface area contributed by atoms with E-state index in [4.69, 9.17) is 14.2 Å². The predicted octanol–water partition coefficient (Wildman–Crippen LogP) is 1.83. The minimum atomic E-state index is -0.193. The standard InChI is InChI=1S/C14H20O4/c1-8(10-3-4-12-13(5-10)18-12)9(2)14(15)17-7-11-6-16-11/h10-13H,3-7H2,1-2H3. The molecule has 0 amide bonds. The van der Waals surface area contributed by atoms with Crippen molar-refractivity contribution in [3.05, 3.63) is 11.1 Å². The quantitative estimate of drug-likeness (QED) is 0.435. The van der Waals surface area contributed by atoms with E-state index in [9.17, 15) is 4.79 Å². The highest BCUT2D eigenvalue weighted by atomic mass is 16.6. The molecule has 1 saturated carbocycles. The molecule has 0 aromatic heterocycles. The molecule has 3 fully saturated rings. The van der Waals surface area contributed by atoms with E-state index in [0.29, 0.717) is 24.7 Å². The molecule has 0 N–H and O–H groups in total. The number of carbonyl (C=O) groups is 1. The van der Waals surface area contributed by atoms with E-state index in [0.717, 1.165) is 31.4 Å². The Bertz CT molecular complexity index is 383. The molecule has 4 nitrogen and oxygen atoms in total. The van der Waals surface area contributed by atoms with E-state index in [1.54, 1.807) is 0 Å². The van der Waals surface area contributed by atoms with Crippen LogP contribution < -0.4 is 0 Å². The maximum atomic E-state index is 11.9. The molecule has 3 aliphatic rings. The minimum absolute atomic E-state index is 0.136. The third-order valence-electron chi connectivity index (χ3n) is 4.32. The number of ether oxygens (including phenoxy) is 3. The van der Waals surface area contributed by atoms with Crippen LogP contribution in [-0.2, 0) is 19.0 Å². The number of fused-ring (bicyclic) bond motifs is 1. The molecule has 100 valence electrons. The molecule has 0 aromatic rings. The van der Waals surface area contributed by atoms with E-state index in [-0.39, 0.29) is 12.1 Å². The molecule has 2 heterocycles. The Morgan fingerprint density at radius 2 is 2.06 bits per heavy atom. The maximum Gasteiger partial charge on any atom is 0.333 e. The van der Waals surface area contributed by atoms with Gasteiger partial charge < -0.3 is 14.2 Å². The van der Waals surface area contributed by atoms with Crippen molar-refractivity contribution in [2.45, 2.75) is 51.4 Å². The summed E-state index contributed by atoms with van der Waals surface area (Å²) >= 11 is 0. The van der Waals surface area contributed by atoms with Crippen molar-refractivity contribution in [3.8, 4) is 0 Å². The number of rotatable bonds is 4. The fraction of sp³-hybridized carbons (Fsp3) is 0.786. The zero-order chi connectivity index (χ0) is 12.7. The van der Waals surface area contributed by atoms with Crippen LogP contribution in [0.4, 0.5) is 0 Å². The highest BCUT2D eigenvalue weighted by molar-refractivity contribution is 5.88. The van der Waals surface area contributed by atoms with Crippen LogP contribution in [0.5, 0.6) is 0 Å². The number of allylic oxidation sites excluding steroid dienone is 1. The molecular formula is C14H20O4. The van der Waals surface area contributed by atoms with Crippen LogP contribution in [0.1, 0.15) is 33.1 Å². The first-order valence-electron chi connectivity index (χ1n) is 6.76. The summed E-state index contributed by atoms with van der Waals surface area (Å²) in [5, 5.41) is 0. The van der Waals surface area contributed by atoms with Gasteiger partial charge in [0.2, 0.25) is 0 Å². The van der Waals surface area contributed by atoms with Crippen LogP contribution in [0.3, 0.4) is 0 Å². The Hall–Kier alpha value is -0.870. The smallest absolute Gasteiger partial charge is 0.333 e. The summed E-state index contributed by atoms with van der Waals surface area (Å²) in [6.45, 7) is 5.03. The lowest BCUT2D eigenvalue weighted by atomic mass is 9.83. The summed E-state index contributed by atoms with van der Waals surface area (Å²) in [6, 6.07) is 0. The first-order chi connectivity index (χ1) is 8.65. The summed E-state index contributed by atoms with van der Waals surface area (Å²) in [7, 11) is 0. The predicted molar refractivity (Wildman–Crippen MR) is 65.1 cm³/mol. The Morgan fingerprint density at radius 3 is 2.72 bits per heavy atom. The lowest BCUT2D eigenvalue weighted by Crippen LogP contribution is -2.18. The van der Waals surface area contributed by atoms with Gasteiger partial charge in [-0.1, -0.05) is 5.57 Å². The van der Waals surface area contributed by atoms with E-state index in [1.807, 2.05) is 6.92 Å². The van der Waals surface area contributed by atoms with Crippen LogP contribution in [0.25, 0.3) is 0 Å². The number of hydrogen-bond acceptors (Lipinski definition) is 4. The second-order valence-corrected chi connectivity index (χ2v) is 5.58. The van der Waals surface area contributed by atoms with Crippen molar-refractivity contribution < 1.29 is 19.0 Å². The Morgan fingerprint density at radius 1 is 1.28 bits per heavy atom. The highest BCUT2D eigenvalue weighted by Crippen LogP contribution is 2.42. The van der Waals surface area contributed by atoms with Crippen LogP contribution in [0, 0.1) is 5.92 Å². The van der Waals surface area contributed by atoms with Crippen molar-refractivity contribution >= 4 is 5.97 Å². The molecule has 4 unspecified atom stereocenters. The topological polar surface area (TPSA) is 51.4 Å². The molecule has 0 spiro atoms. The van der Waals surface area contributed by atoms with Crippen LogP contribution in [-0.4, -0.2) is 37.5 Å². The van der Waals surface area contributed by atoms with E-state index >= 15 is 0 Å². The average Bonchev–Trinajstić information content (AvgIpc) is 3.27. The van der Waals surface area contributed by atoms with Crippen molar-refractivity contribution in [1.82, 2.24) is 0 Å². The largest absolute Gasteiger partial charge is 0.459 e. The third kappa shape index (κ3) is 2.59. The minimum Gasteiger partial charge on any atom is -0.459 e. The molecular weight excluding hydrogens is 232 g/mol. The van der Waals surface area contributed by atoms with Gasteiger partial charge in [0, 0.05) is 5.57 Å². The molecule has 0 radical (unpaired) electrons. The van der Waals surface area contributed by atoms with Gasteiger partial charge in [-0.3, -0.25) is 0 Å². The molecule has 4 atom stereocenters. The highest BCUT2D eigenvalue weighted by Gasteiger charge is 2.44. The van der Waals surface area contributed by atoms with Gasteiger partial charge in [0.25, 0.3) is 0 Å². The van der Waals surface area contributed by atoms with Gasteiger partial charge in [0.05, 0.1) is 18.8 Å². The molecule has 4 heteroatoms. The monoisotopic (exact) mass is 252 g/mol. The van der Waals surface area contributed by atoms with Crippen LogP contribution >= 0.6 is 0 Å². The Labute approximate surface area is 107 Å². The summed E-state index contributed by atoms with van der Waals surface area (Å²) < 4.78 is 15.8. The van der Waals surface area contributed by atoms with Gasteiger partial charge in [-0.2, -0.15) is 0 Å². The van der Waals surface area contributed by atoms with Crippen molar-refractivity contribution in [3.63, 3.8) is 0 Å². The summed E-state index contributed by atoms with van der Waals surface area (Å²) in [5.41, 5.74) is 1.94. The van der Waals surface area contributed by atoms with Crippen molar-refractivity contribution in [2.24, 2.45) is 5.92 Å². The van der Waals surface area contributed by atoms with Gasteiger partial charge in [-0.05, 0) is 39.0 Å². The number of esters is 1. The van der Waals surface area contributed by atoms with Crippen LogP contribution in [0.15, 0.2) is 11.1 Å². The Balaban J connectivity index is 1.57. The molecule has 2 saturated heterocycles. The average molecular weight is 252 g/mol. The summed E-state index contributed by atoms with van der Waals surface area (Å²) in [5.74, 6) is 0.292. The lowest BCUT2D eigenvalue weighted by Gasteiger charge is -2.21. The van der Waals surface area contributed by atoms with Crippen molar-refractivity contribution in [2.75, 3.05) is 13.2 Å². The molecule has 0 aromatic carbocycles. The number of hydrogen-bond donors (Lipinski definition) is 0. The third-order valence-corrected chi connectivity index (χ3v) is 4.32.